The van der Waals surface area contributed by atoms with Crippen LogP contribution in [0.5, 0.6) is 0 Å². The highest BCUT2D eigenvalue weighted by atomic mass is 32.2. The molecule has 12 heteroatoms. The first kappa shape index (κ1) is 21.7. The Morgan fingerprint density at radius 3 is 1.29 bits per heavy atom. The SMILES string of the molecule is COC1(C)O[C@H](COS(C)(=O)=O)[C@@H](COS(C)(=O)=O)O[C@]1(C)OC. The van der Waals surface area contributed by atoms with Gasteiger partial charge in [0, 0.05) is 14.2 Å². The lowest BCUT2D eigenvalue weighted by molar-refractivity contribution is -0.450. The van der Waals surface area contributed by atoms with Gasteiger partial charge in [0.2, 0.25) is 11.6 Å². The molecule has 0 amide bonds. The number of hydrogen-bond donors (Lipinski definition) is 0. The molecule has 4 atom stereocenters. The normalized spacial score (nSPS) is 35.1. The van der Waals surface area contributed by atoms with Crippen LogP contribution < -0.4 is 0 Å². The van der Waals surface area contributed by atoms with E-state index in [1.54, 1.807) is 0 Å². The highest BCUT2D eigenvalue weighted by Crippen LogP contribution is 2.39. The molecule has 1 saturated heterocycles. The molecule has 0 aliphatic carbocycles. The Morgan fingerprint density at radius 1 is 0.792 bits per heavy atom. The van der Waals surface area contributed by atoms with E-state index in [0.29, 0.717) is 0 Å². The molecule has 10 nitrogen and oxygen atoms in total. The van der Waals surface area contributed by atoms with Crippen molar-refractivity contribution in [1.29, 1.82) is 0 Å². The van der Waals surface area contributed by atoms with Crippen LogP contribution in [0.1, 0.15) is 13.8 Å². The molecule has 0 aromatic carbocycles. The minimum absolute atomic E-state index is 0.407. The molecule has 1 fully saturated rings. The van der Waals surface area contributed by atoms with Crippen molar-refractivity contribution in [1.82, 2.24) is 0 Å². The predicted octanol–water partition coefficient (Wildman–Crippen LogP) is -0.552. The van der Waals surface area contributed by atoms with Gasteiger partial charge in [-0.1, -0.05) is 0 Å². The van der Waals surface area contributed by atoms with Gasteiger partial charge in [-0.15, -0.1) is 0 Å². The number of hydrogen-bond acceptors (Lipinski definition) is 10. The third kappa shape index (κ3) is 5.59. The maximum absolute atomic E-state index is 11.2. The maximum Gasteiger partial charge on any atom is 0.264 e. The van der Waals surface area contributed by atoms with Crippen LogP contribution in [0.15, 0.2) is 0 Å². The second kappa shape index (κ2) is 7.50. The van der Waals surface area contributed by atoms with Gasteiger partial charge >= 0.3 is 0 Å². The topological polar surface area (TPSA) is 124 Å². The summed E-state index contributed by atoms with van der Waals surface area (Å²) in [5.41, 5.74) is 0. The second-order valence-electron chi connectivity index (χ2n) is 5.59. The van der Waals surface area contributed by atoms with Crippen molar-refractivity contribution in [3.05, 3.63) is 0 Å². The van der Waals surface area contributed by atoms with E-state index in [0.717, 1.165) is 12.5 Å². The Bertz CT molecular complexity index is 574. The van der Waals surface area contributed by atoms with Crippen LogP contribution in [0.4, 0.5) is 0 Å². The third-order valence-corrected chi connectivity index (χ3v) is 4.79. The smallest absolute Gasteiger partial charge is 0.264 e. The Morgan fingerprint density at radius 2 is 1.08 bits per heavy atom. The van der Waals surface area contributed by atoms with Gasteiger partial charge in [0.05, 0.1) is 25.7 Å². The van der Waals surface area contributed by atoms with E-state index >= 15 is 0 Å². The van der Waals surface area contributed by atoms with Crippen LogP contribution >= 0.6 is 0 Å². The van der Waals surface area contributed by atoms with Crippen molar-refractivity contribution in [2.24, 2.45) is 0 Å². The molecule has 1 heterocycles. The van der Waals surface area contributed by atoms with E-state index in [4.69, 9.17) is 27.3 Å². The van der Waals surface area contributed by atoms with Crippen LogP contribution in [0.25, 0.3) is 0 Å². The summed E-state index contributed by atoms with van der Waals surface area (Å²) in [5, 5.41) is 0. The molecule has 0 radical (unpaired) electrons. The first-order chi connectivity index (χ1) is 10.8. The summed E-state index contributed by atoms with van der Waals surface area (Å²) < 4.78 is 76.5. The summed E-state index contributed by atoms with van der Waals surface area (Å²) in [5.74, 6) is -2.79. The summed E-state index contributed by atoms with van der Waals surface area (Å²) in [7, 11) is -4.74. The summed E-state index contributed by atoms with van der Waals surface area (Å²) in [6.07, 6.45) is -0.190. The predicted molar refractivity (Wildman–Crippen MR) is 82.2 cm³/mol. The first-order valence-electron chi connectivity index (χ1n) is 6.90. The second-order valence-corrected chi connectivity index (χ2v) is 8.88. The van der Waals surface area contributed by atoms with Gasteiger partial charge in [0.1, 0.15) is 12.2 Å². The summed E-state index contributed by atoms with van der Waals surface area (Å²) in [6.45, 7) is 2.26. The molecule has 0 aromatic rings. The van der Waals surface area contributed by atoms with Gasteiger partial charge < -0.3 is 18.9 Å². The van der Waals surface area contributed by atoms with Crippen molar-refractivity contribution >= 4 is 20.2 Å². The Hall–Kier alpha value is -0.340. The molecule has 144 valence electrons. The zero-order chi connectivity index (χ0) is 18.8. The van der Waals surface area contributed by atoms with Crippen LogP contribution in [-0.2, 0) is 47.5 Å². The van der Waals surface area contributed by atoms with Gasteiger partial charge in [0.25, 0.3) is 20.2 Å². The highest BCUT2D eigenvalue weighted by Gasteiger charge is 2.57. The van der Waals surface area contributed by atoms with E-state index in [9.17, 15) is 16.8 Å². The molecular weight excluding hydrogens is 368 g/mol. The monoisotopic (exact) mass is 392 g/mol. The Kier molecular flexibility index (Phi) is 6.78. The number of rotatable bonds is 8. The minimum atomic E-state index is -3.74. The van der Waals surface area contributed by atoms with E-state index in [1.165, 1.54) is 28.1 Å². The first-order valence-corrected chi connectivity index (χ1v) is 10.5. The lowest BCUT2D eigenvalue weighted by Gasteiger charge is -2.51. The van der Waals surface area contributed by atoms with Crippen molar-refractivity contribution in [2.45, 2.75) is 37.6 Å². The Labute approximate surface area is 142 Å². The molecular formula is C12H24O10S2. The Balaban J connectivity index is 3.04. The zero-order valence-corrected chi connectivity index (χ0v) is 16.1. The van der Waals surface area contributed by atoms with E-state index in [1.807, 2.05) is 0 Å². The fourth-order valence-electron chi connectivity index (χ4n) is 2.07. The van der Waals surface area contributed by atoms with Crippen molar-refractivity contribution in [3.8, 4) is 0 Å². The molecule has 1 unspecified atom stereocenters. The fraction of sp³-hybridized carbons (Fsp3) is 1.00. The van der Waals surface area contributed by atoms with E-state index in [2.05, 4.69) is 0 Å². The lowest BCUT2D eigenvalue weighted by atomic mass is 10.0. The molecule has 1 aliphatic rings. The van der Waals surface area contributed by atoms with Crippen molar-refractivity contribution < 1.29 is 44.1 Å². The average Bonchev–Trinajstić information content (AvgIpc) is 2.44. The van der Waals surface area contributed by atoms with Gasteiger partial charge in [-0.25, -0.2) is 0 Å². The molecule has 0 N–H and O–H groups in total. The van der Waals surface area contributed by atoms with Gasteiger partial charge in [-0.3, -0.25) is 8.37 Å². The molecule has 1 rings (SSSR count). The maximum atomic E-state index is 11.2. The largest absolute Gasteiger partial charge is 0.349 e. The molecule has 0 aromatic heterocycles. The van der Waals surface area contributed by atoms with Crippen LogP contribution in [0.3, 0.4) is 0 Å². The van der Waals surface area contributed by atoms with Crippen LogP contribution in [-0.4, -0.2) is 80.6 Å². The van der Waals surface area contributed by atoms with E-state index in [-0.39, 0.29) is 0 Å². The molecule has 24 heavy (non-hydrogen) atoms. The van der Waals surface area contributed by atoms with Gasteiger partial charge in [-0.2, -0.15) is 16.8 Å². The zero-order valence-electron chi connectivity index (χ0n) is 14.5. The lowest BCUT2D eigenvalue weighted by Crippen LogP contribution is -2.66. The van der Waals surface area contributed by atoms with Gasteiger partial charge in [0.15, 0.2) is 0 Å². The molecule has 1 aliphatic heterocycles. The average molecular weight is 392 g/mol. The van der Waals surface area contributed by atoms with E-state index < -0.39 is 57.2 Å². The quantitative estimate of drug-likeness (QED) is 0.497. The standard InChI is InChI=1S/C12H24O10S2/c1-11(17-3)12(2,18-4)22-10(8-20-24(6,15)16)9(21-11)7-19-23(5,13)14/h9-10H,7-8H2,1-6H3/t9-,10-,11+,12?/m1/s1. The highest BCUT2D eigenvalue weighted by molar-refractivity contribution is 7.86. The number of methoxy groups -OCH3 is 2. The van der Waals surface area contributed by atoms with Crippen molar-refractivity contribution in [2.75, 3.05) is 39.9 Å². The van der Waals surface area contributed by atoms with Crippen LogP contribution in [0.2, 0.25) is 0 Å². The third-order valence-electron chi connectivity index (χ3n) is 3.66. The molecule has 0 spiro atoms. The summed E-state index contributed by atoms with van der Waals surface area (Å²) in [4.78, 5) is 0. The molecule has 0 saturated carbocycles. The van der Waals surface area contributed by atoms with Gasteiger partial charge in [-0.05, 0) is 13.8 Å². The summed E-state index contributed by atoms with van der Waals surface area (Å²) >= 11 is 0. The summed E-state index contributed by atoms with van der Waals surface area (Å²) in [6, 6.07) is 0. The van der Waals surface area contributed by atoms with Crippen molar-refractivity contribution in [3.63, 3.8) is 0 Å². The number of ether oxygens (including phenoxy) is 4. The fourth-order valence-corrected chi connectivity index (χ4v) is 2.84. The molecule has 0 bridgehead atoms. The minimum Gasteiger partial charge on any atom is -0.349 e. The van der Waals surface area contributed by atoms with Crippen LogP contribution in [0, 0.1) is 0 Å².